The van der Waals surface area contributed by atoms with Crippen LogP contribution in [0.5, 0.6) is 0 Å². The number of hydrogen-bond donors (Lipinski definition) is 0. The normalized spacial score (nSPS) is 10.3. The van der Waals surface area contributed by atoms with Gasteiger partial charge in [0.05, 0.1) is 0 Å². The summed E-state index contributed by atoms with van der Waals surface area (Å²) >= 11 is 11.7. The molecule has 0 radical (unpaired) electrons. The Morgan fingerprint density at radius 3 is 2.24 bits per heavy atom. The zero-order valence-corrected chi connectivity index (χ0v) is 10.8. The van der Waals surface area contributed by atoms with Crippen LogP contribution in [0.1, 0.15) is 5.56 Å². The Bertz CT molecular complexity index is 482. The highest BCUT2D eigenvalue weighted by Gasteiger charge is 2.07. The second-order valence-corrected chi connectivity index (χ2v) is 4.43. The Morgan fingerprint density at radius 2 is 1.65 bits per heavy atom. The van der Waals surface area contributed by atoms with E-state index in [0.29, 0.717) is 22.8 Å². The lowest BCUT2D eigenvalue weighted by atomic mass is 10.2. The van der Waals surface area contributed by atoms with Crippen LogP contribution in [-0.4, -0.2) is 17.0 Å². The molecule has 0 aliphatic heterocycles. The monoisotopic (exact) mass is 267 g/mol. The highest BCUT2D eigenvalue weighted by Crippen LogP contribution is 2.17. The van der Waals surface area contributed by atoms with E-state index in [0.717, 1.165) is 0 Å². The number of rotatable bonds is 3. The van der Waals surface area contributed by atoms with Gasteiger partial charge in [-0.2, -0.15) is 0 Å². The number of anilines is 1. The van der Waals surface area contributed by atoms with Gasteiger partial charge >= 0.3 is 0 Å². The Balaban J connectivity index is 2.17. The first-order valence-electron chi connectivity index (χ1n) is 5.10. The first-order chi connectivity index (χ1) is 8.15. The molecule has 1 aromatic carbocycles. The topological polar surface area (TPSA) is 29.0 Å². The average molecular weight is 268 g/mol. The first kappa shape index (κ1) is 12.1. The average Bonchev–Trinajstić information content (AvgIpc) is 2.29. The van der Waals surface area contributed by atoms with E-state index in [4.69, 9.17) is 23.2 Å². The van der Waals surface area contributed by atoms with Gasteiger partial charge in [-0.25, -0.2) is 9.97 Å². The van der Waals surface area contributed by atoms with Crippen molar-refractivity contribution < 1.29 is 0 Å². The standard InChI is InChI=1S/C12H11Cl2N3/c1-17(8-9-5-3-2-4-6-9)12-15-10(13)7-11(14)16-12/h2-7H,8H2,1H3. The molecule has 0 fully saturated rings. The van der Waals surface area contributed by atoms with Gasteiger partial charge in [0.15, 0.2) is 0 Å². The number of benzene rings is 1. The minimum Gasteiger partial charge on any atom is -0.339 e. The van der Waals surface area contributed by atoms with Crippen molar-refractivity contribution in [2.75, 3.05) is 11.9 Å². The molecule has 0 saturated carbocycles. The van der Waals surface area contributed by atoms with Gasteiger partial charge in [0.2, 0.25) is 5.95 Å². The number of halogens is 2. The molecule has 2 rings (SSSR count). The second kappa shape index (κ2) is 5.34. The van der Waals surface area contributed by atoms with E-state index in [2.05, 4.69) is 9.97 Å². The van der Waals surface area contributed by atoms with Crippen LogP contribution in [0.4, 0.5) is 5.95 Å². The van der Waals surface area contributed by atoms with Crippen LogP contribution in [-0.2, 0) is 6.54 Å². The van der Waals surface area contributed by atoms with Gasteiger partial charge in [0, 0.05) is 19.7 Å². The number of aromatic nitrogens is 2. The fourth-order valence-corrected chi connectivity index (χ4v) is 1.89. The van der Waals surface area contributed by atoms with Crippen molar-refractivity contribution in [1.29, 1.82) is 0 Å². The van der Waals surface area contributed by atoms with Crippen LogP contribution in [0.2, 0.25) is 10.3 Å². The first-order valence-corrected chi connectivity index (χ1v) is 5.86. The van der Waals surface area contributed by atoms with Crippen LogP contribution in [0, 0.1) is 0 Å². The fourth-order valence-electron chi connectivity index (χ4n) is 1.48. The Kier molecular flexibility index (Phi) is 3.82. The van der Waals surface area contributed by atoms with Crippen molar-refractivity contribution in [3.05, 3.63) is 52.3 Å². The summed E-state index contributed by atoms with van der Waals surface area (Å²) in [6, 6.07) is 11.6. The van der Waals surface area contributed by atoms with Gasteiger partial charge in [-0.1, -0.05) is 53.5 Å². The van der Waals surface area contributed by atoms with Crippen LogP contribution < -0.4 is 4.90 Å². The number of nitrogens with zero attached hydrogens (tertiary/aromatic N) is 3. The summed E-state index contributed by atoms with van der Waals surface area (Å²) in [5.74, 6) is 0.520. The smallest absolute Gasteiger partial charge is 0.228 e. The Hall–Kier alpha value is -1.32. The van der Waals surface area contributed by atoms with Gasteiger partial charge < -0.3 is 4.90 Å². The molecule has 88 valence electrons. The van der Waals surface area contributed by atoms with Crippen LogP contribution in [0.25, 0.3) is 0 Å². The molecule has 0 aliphatic carbocycles. The zero-order valence-electron chi connectivity index (χ0n) is 9.27. The summed E-state index contributed by atoms with van der Waals surface area (Å²) in [6.45, 7) is 0.706. The number of hydrogen-bond acceptors (Lipinski definition) is 3. The van der Waals surface area contributed by atoms with E-state index in [1.165, 1.54) is 11.6 Å². The van der Waals surface area contributed by atoms with Gasteiger partial charge in [-0.3, -0.25) is 0 Å². The van der Waals surface area contributed by atoms with Crippen molar-refractivity contribution in [1.82, 2.24) is 9.97 Å². The lowest BCUT2D eigenvalue weighted by Crippen LogP contribution is -2.19. The third kappa shape index (κ3) is 3.32. The van der Waals surface area contributed by atoms with E-state index < -0.39 is 0 Å². The Morgan fingerprint density at radius 1 is 1.06 bits per heavy atom. The molecule has 0 saturated heterocycles. The molecule has 3 nitrogen and oxygen atoms in total. The zero-order chi connectivity index (χ0) is 12.3. The third-order valence-corrected chi connectivity index (χ3v) is 2.64. The molecule has 1 aromatic heterocycles. The van der Waals surface area contributed by atoms with E-state index in [-0.39, 0.29) is 0 Å². The quantitative estimate of drug-likeness (QED) is 0.799. The maximum Gasteiger partial charge on any atom is 0.228 e. The van der Waals surface area contributed by atoms with Gasteiger partial charge in [0.25, 0.3) is 0 Å². The summed E-state index contributed by atoms with van der Waals surface area (Å²) in [7, 11) is 1.90. The largest absolute Gasteiger partial charge is 0.339 e. The molecule has 1 heterocycles. The molecular weight excluding hydrogens is 257 g/mol. The summed E-state index contributed by atoms with van der Waals surface area (Å²) in [6.07, 6.45) is 0. The lowest BCUT2D eigenvalue weighted by Gasteiger charge is -2.17. The maximum absolute atomic E-state index is 5.83. The minimum absolute atomic E-state index is 0.347. The summed E-state index contributed by atoms with van der Waals surface area (Å²) in [5.41, 5.74) is 1.18. The molecule has 0 atom stereocenters. The predicted octanol–water partition coefficient (Wildman–Crippen LogP) is 3.42. The summed E-state index contributed by atoms with van der Waals surface area (Å²) in [4.78, 5) is 10.1. The molecule has 5 heteroatoms. The maximum atomic E-state index is 5.83. The summed E-state index contributed by atoms with van der Waals surface area (Å²) in [5, 5.41) is 0.694. The van der Waals surface area contributed by atoms with Crippen molar-refractivity contribution in [2.24, 2.45) is 0 Å². The fraction of sp³-hybridized carbons (Fsp3) is 0.167. The molecule has 0 unspecified atom stereocenters. The predicted molar refractivity (Wildman–Crippen MR) is 70.6 cm³/mol. The molecular formula is C12H11Cl2N3. The van der Waals surface area contributed by atoms with E-state index >= 15 is 0 Å². The van der Waals surface area contributed by atoms with Crippen LogP contribution in [0.15, 0.2) is 36.4 Å². The molecule has 0 amide bonds. The van der Waals surface area contributed by atoms with Crippen LogP contribution >= 0.6 is 23.2 Å². The molecule has 17 heavy (non-hydrogen) atoms. The molecule has 2 aromatic rings. The molecule has 0 bridgehead atoms. The van der Waals surface area contributed by atoms with E-state index in [1.54, 1.807) is 0 Å². The lowest BCUT2D eigenvalue weighted by molar-refractivity contribution is 0.867. The van der Waals surface area contributed by atoms with E-state index in [1.807, 2.05) is 42.3 Å². The van der Waals surface area contributed by atoms with Crippen molar-refractivity contribution in [3.8, 4) is 0 Å². The molecule has 0 spiro atoms. The van der Waals surface area contributed by atoms with Gasteiger partial charge in [-0.05, 0) is 5.56 Å². The minimum atomic E-state index is 0.347. The van der Waals surface area contributed by atoms with Gasteiger partial charge in [-0.15, -0.1) is 0 Å². The third-order valence-electron chi connectivity index (χ3n) is 2.26. The SMILES string of the molecule is CN(Cc1ccccc1)c1nc(Cl)cc(Cl)n1. The van der Waals surface area contributed by atoms with Crippen molar-refractivity contribution in [3.63, 3.8) is 0 Å². The highest BCUT2D eigenvalue weighted by molar-refractivity contribution is 6.33. The Labute approximate surface area is 110 Å². The molecule has 0 N–H and O–H groups in total. The molecule has 0 aliphatic rings. The van der Waals surface area contributed by atoms with Crippen molar-refractivity contribution in [2.45, 2.75) is 6.54 Å². The van der Waals surface area contributed by atoms with Crippen LogP contribution in [0.3, 0.4) is 0 Å². The van der Waals surface area contributed by atoms with Crippen molar-refractivity contribution >= 4 is 29.2 Å². The second-order valence-electron chi connectivity index (χ2n) is 3.66. The van der Waals surface area contributed by atoms with E-state index in [9.17, 15) is 0 Å². The highest BCUT2D eigenvalue weighted by atomic mass is 35.5. The summed E-state index contributed by atoms with van der Waals surface area (Å²) < 4.78 is 0. The van der Waals surface area contributed by atoms with Gasteiger partial charge in [0.1, 0.15) is 10.3 Å².